The number of hydrogen-bond acceptors (Lipinski definition) is 4. The van der Waals surface area contributed by atoms with Gasteiger partial charge in [-0.2, -0.15) is 4.31 Å². The van der Waals surface area contributed by atoms with Gasteiger partial charge in [-0.3, -0.25) is 4.79 Å². The van der Waals surface area contributed by atoms with Crippen LogP contribution in [0.5, 0.6) is 0 Å². The van der Waals surface area contributed by atoms with Gasteiger partial charge >= 0.3 is 0 Å². The van der Waals surface area contributed by atoms with Crippen LogP contribution in [-0.4, -0.2) is 48.0 Å². The number of piperidine rings is 1. The number of halogens is 1. The van der Waals surface area contributed by atoms with E-state index in [9.17, 15) is 18.3 Å². The second-order valence-corrected chi connectivity index (χ2v) is 12.5. The standard InChI is InChI=1S/C23H31ClN2O4S/c1-14-18(24)5-4-7-20(14)31(29,30)26-8-3-2-6-19(26)22(27)25-21-16-9-15-10-17(21)13-23(28,11-15)12-16/h4-5,7,15-17,19,21,28H,2-3,6,8-13H2,1H3,(H,25,27). The quantitative estimate of drug-likeness (QED) is 0.713. The highest BCUT2D eigenvalue weighted by atomic mass is 35.5. The van der Waals surface area contributed by atoms with E-state index < -0.39 is 21.7 Å². The average Bonchev–Trinajstić information content (AvgIpc) is 2.71. The van der Waals surface area contributed by atoms with Gasteiger partial charge in [-0.1, -0.05) is 24.1 Å². The summed E-state index contributed by atoms with van der Waals surface area (Å²) in [5.74, 6) is 0.966. The van der Waals surface area contributed by atoms with E-state index in [4.69, 9.17) is 11.6 Å². The first-order valence-corrected chi connectivity index (χ1v) is 13.3. The second-order valence-electron chi connectivity index (χ2n) is 10.2. The van der Waals surface area contributed by atoms with Crippen molar-refractivity contribution in [3.8, 4) is 0 Å². The molecule has 1 aromatic carbocycles. The minimum Gasteiger partial charge on any atom is -0.390 e. The molecule has 5 aliphatic rings. The fourth-order valence-corrected chi connectivity index (χ4v) is 9.06. The SMILES string of the molecule is Cc1c(Cl)cccc1S(=O)(=O)N1CCCCC1C(=O)NC1C2CC3CC1CC(O)(C3)C2. The molecule has 2 N–H and O–H groups in total. The van der Waals surface area contributed by atoms with Crippen LogP contribution in [0.2, 0.25) is 5.02 Å². The molecule has 6 rings (SSSR count). The van der Waals surface area contributed by atoms with Crippen LogP contribution >= 0.6 is 11.6 Å². The van der Waals surface area contributed by atoms with E-state index >= 15 is 0 Å². The molecular weight excluding hydrogens is 436 g/mol. The summed E-state index contributed by atoms with van der Waals surface area (Å²) >= 11 is 6.18. The molecule has 8 heteroatoms. The number of amides is 1. The molecular formula is C23H31ClN2O4S. The van der Waals surface area contributed by atoms with E-state index in [-0.39, 0.29) is 16.8 Å². The van der Waals surface area contributed by atoms with Gasteiger partial charge < -0.3 is 10.4 Å². The topological polar surface area (TPSA) is 86.7 Å². The third-order valence-electron chi connectivity index (χ3n) is 8.11. The second kappa shape index (κ2) is 7.72. The molecule has 1 heterocycles. The number of sulfonamides is 1. The van der Waals surface area contributed by atoms with Crippen molar-refractivity contribution >= 4 is 27.5 Å². The Morgan fingerprint density at radius 3 is 2.58 bits per heavy atom. The summed E-state index contributed by atoms with van der Waals surface area (Å²) in [5, 5.41) is 14.5. The number of carbonyl (C=O) groups is 1. The van der Waals surface area contributed by atoms with Crippen LogP contribution in [0.3, 0.4) is 0 Å². The van der Waals surface area contributed by atoms with Gasteiger partial charge in [0.25, 0.3) is 0 Å². The summed E-state index contributed by atoms with van der Waals surface area (Å²) in [6.07, 6.45) is 6.60. The maximum Gasteiger partial charge on any atom is 0.244 e. The maximum absolute atomic E-state index is 13.5. The maximum atomic E-state index is 13.5. The molecule has 6 nitrogen and oxygen atoms in total. The zero-order chi connectivity index (χ0) is 22.0. The molecule has 1 amide bonds. The Morgan fingerprint density at radius 2 is 1.90 bits per heavy atom. The van der Waals surface area contributed by atoms with Crippen molar-refractivity contribution in [1.29, 1.82) is 0 Å². The molecule has 4 bridgehead atoms. The summed E-state index contributed by atoms with van der Waals surface area (Å²) in [7, 11) is -3.83. The van der Waals surface area contributed by atoms with E-state index in [2.05, 4.69) is 5.32 Å². The van der Waals surface area contributed by atoms with Crippen molar-refractivity contribution in [2.75, 3.05) is 6.54 Å². The molecule has 5 fully saturated rings. The van der Waals surface area contributed by atoms with E-state index in [1.165, 1.54) is 4.31 Å². The zero-order valence-electron chi connectivity index (χ0n) is 17.9. The van der Waals surface area contributed by atoms with Gasteiger partial charge in [-0.15, -0.1) is 0 Å². The summed E-state index contributed by atoms with van der Waals surface area (Å²) < 4.78 is 28.4. The molecule has 1 aromatic rings. The van der Waals surface area contributed by atoms with Crippen LogP contribution in [0.1, 0.15) is 56.9 Å². The molecule has 0 radical (unpaired) electrons. The number of hydrogen-bond donors (Lipinski definition) is 2. The minimum absolute atomic E-state index is 0.0451. The van der Waals surface area contributed by atoms with Crippen molar-refractivity contribution in [2.45, 2.75) is 80.9 Å². The normalized spacial score (nSPS) is 37.7. The predicted molar refractivity (Wildman–Crippen MR) is 118 cm³/mol. The third-order valence-corrected chi connectivity index (χ3v) is 10.6. The van der Waals surface area contributed by atoms with E-state index in [1.54, 1.807) is 25.1 Å². The summed E-state index contributed by atoms with van der Waals surface area (Å²) in [5.41, 5.74) is -0.0367. The highest BCUT2D eigenvalue weighted by Crippen LogP contribution is 2.55. The number of rotatable bonds is 4. The molecule has 4 saturated carbocycles. The van der Waals surface area contributed by atoms with Gasteiger partial charge in [0, 0.05) is 17.6 Å². The van der Waals surface area contributed by atoms with Crippen molar-refractivity contribution < 1.29 is 18.3 Å². The fourth-order valence-electron chi connectivity index (χ4n) is 6.93. The zero-order valence-corrected chi connectivity index (χ0v) is 19.5. The molecule has 170 valence electrons. The molecule has 1 aliphatic heterocycles. The fraction of sp³-hybridized carbons (Fsp3) is 0.696. The van der Waals surface area contributed by atoms with Crippen LogP contribution in [-0.2, 0) is 14.8 Å². The van der Waals surface area contributed by atoms with Crippen molar-refractivity contribution in [3.63, 3.8) is 0 Å². The highest BCUT2D eigenvalue weighted by molar-refractivity contribution is 7.89. The van der Waals surface area contributed by atoms with E-state index in [1.807, 2.05) is 0 Å². The smallest absolute Gasteiger partial charge is 0.244 e. The molecule has 0 spiro atoms. The lowest BCUT2D eigenvalue weighted by Crippen LogP contribution is -2.63. The molecule has 3 unspecified atom stereocenters. The highest BCUT2D eigenvalue weighted by Gasteiger charge is 2.55. The average molecular weight is 467 g/mol. The molecule has 3 atom stereocenters. The molecule has 4 aliphatic carbocycles. The first-order chi connectivity index (χ1) is 14.7. The van der Waals surface area contributed by atoms with Crippen LogP contribution in [0, 0.1) is 24.7 Å². The predicted octanol–water partition coefficient (Wildman–Crippen LogP) is 3.25. The molecule has 31 heavy (non-hydrogen) atoms. The number of nitrogens with one attached hydrogen (secondary N) is 1. The van der Waals surface area contributed by atoms with E-state index in [0.29, 0.717) is 41.3 Å². The van der Waals surface area contributed by atoms with Crippen molar-refractivity contribution in [3.05, 3.63) is 28.8 Å². The van der Waals surface area contributed by atoms with Gasteiger partial charge in [0.1, 0.15) is 6.04 Å². The number of benzene rings is 1. The van der Waals surface area contributed by atoms with Gasteiger partial charge in [-0.25, -0.2) is 8.42 Å². The van der Waals surface area contributed by atoms with Crippen molar-refractivity contribution in [2.24, 2.45) is 17.8 Å². The lowest BCUT2D eigenvalue weighted by atomic mass is 9.52. The molecule has 0 aromatic heterocycles. The monoisotopic (exact) mass is 466 g/mol. The van der Waals surface area contributed by atoms with Crippen LogP contribution in [0.4, 0.5) is 0 Å². The first-order valence-electron chi connectivity index (χ1n) is 11.5. The Balaban J connectivity index is 1.37. The molecule has 1 saturated heterocycles. The Kier molecular flexibility index (Phi) is 5.40. The summed E-state index contributed by atoms with van der Waals surface area (Å²) in [6, 6.07) is 4.23. The Hall–Kier alpha value is -1.15. The Morgan fingerprint density at radius 1 is 1.19 bits per heavy atom. The van der Waals surface area contributed by atoms with Crippen LogP contribution < -0.4 is 5.32 Å². The van der Waals surface area contributed by atoms with Crippen LogP contribution in [0.15, 0.2) is 23.1 Å². The number of carbonyl (C=O) groups excluding carboxylic acids is 1. The Labute approximate surface area is 189 Å². The van der Waals surface area contributed by atoms with Crippen LogP contribution in [0.25, 0.3) is 0 Å². The third kappa shape index (κ3) is 3.71. The van der Waals surface area contributed by atoms with Gasteiger partial charge in [0.15, 0.2) is 0 Å². The van der Waals surface area contributed by atoms with Gasteiger partial charge in [-0.05, 0) is 87.3 Å². The van der Waals surface area contributed by atoms with E-state index in [0.717, 1.165) is 44.9 Å². The number of aliphatic hydroxyl groups is 1. The lowest BCUT2D eigenvalue weighted by Gasteiger charge is -2.58. The Bertz CT molecular complexity index is 981. The summed E-state index contributed by atoms with van der Waals surface area (Å²) in [6.45, 7) is 2.04. The number of nitrogens with zero attached hydrogens (tertiary/aromatic N) is 1. The summed E-state index contributed by atoms with van der Waals surface area (Å²) in [4.78, 5) is 13.6. The largest absolute Gasteiger partial charge is 0.390 e. The van der Waals surface area contributed by atoms with Crippen molar-refractivity contribution in [1.82, 2.24) is 9.62 Å². The lowest BCUT2D eigenvalue weighted by molar-refractivity contribution is -0.148. The van der Waals surface area contributed by atoms with Gasteiger partial charge in [0.05, 0.1) is 10.5 Å². The van der Waals surface area contributed by atoms with Gasteiger partial charge in [0.2, 0.25) is 15.9 Å². The minimum atomic E-state index is -3.83. The first kappa shape index (κ1) is 21.7.